The quantitative estimate of drug-likeness (QED) is 0.742. The summed E-state index contributed by atoms with van der Waals surface area (Å²) in [5, 5.41) is 10.2. The number of nitrogens with one attached hydrogen (secondary N) is 1. The summed E-state index contributed by atoms with van der Waals surface area (Å²) >= 11 is 0. The van der Waals surface area contributed by atoms with Crippen LogP contribution in [0.4, 0.5) is 0 Å². The molecule has 0 bridgehead atoms. The van der Waals surface area contributed by atoms with Crippen LogP contribution in [0.3, 0.4) is 0 Å². The number of aromatic nitrogens is 1. The Labute approximate surface area is 123 Å². The summed E-state index contributed by atoms with van der Waals surface area (Å²) in [5.74, 6) is -0.0585. The maximum absolute atomic E-state index is 12.5. The number of carbonyl (C=O) groups is 1. The molecule has 1 aliphatic carbocycles. The van der Waals surface area contributed by atoms with Crippen LogP contribution in [-0.4, -0.2) is 46.1 Å². The van der Waals surface area contributed by atoms with Gasteiger partial charge in [0, 0.05) is 29.7 Å². The number of nitrogens with zero attached hydrogens (tertiary/aromatic N) is 1. The molecule has 21 heavy (non-hydrogen) atoms. The largest absolute Gasteiger partial charge is 0.395 e. The Morgan fingerprint density at radius 1 is 1.43 bits per heavy atom. The summed E-state index contributed by atoms with van der Waals surface area (Å²) in [6, 6.07) is 7.72. The number of para-hydroxylation sites is 1. The third-order valence-corrected chi connectivity index (χ3v) is 4.04. The molecule has 112 valence electrons. The van der Waals surface area contributed by atoms with E-state index in [2.05, 4.69) is 4.98 Å². The third-order valence-electron chi connectivity index (χ3n) is 4.04. The van der Waals surface area contributed by atoms with Crippen molar-refractivity contribution >= 4 is 16.8 Å². The van der Waals surface area contributed by atoms with Gasteiger partial charge in [-0.15, -0.1) is 0 Å². The van der Waals surface area contributed by atoms with Gasteiger partial charge in [0.1, 0.15) is 0 Å². The zero-order valence-corrected chi connectivity index (χ0v) is 12.0. The molecule has 3 rings (SSSR count). The summed E-state index contributed by atoms with van der Waals surface area (Å²) < 4.78 is 0. The number of amides is 1. The monoisotopic (exact) mass is 287 g/mol. The van der Waals surface area contributed by atoms with Crippen LogP contribution >= 0.6 is 0 Å². The van der Waals surface area contributed by atoms with E-state index in [-0.39, 0.29) is 18.6 Å². The van der Waals surface area contributed by atoms with Crippen molar-refractivity contribution in [1.29, 1.82) is 0 Å². The highest BCUT2D eigenvalue weighted by molar-refractivity contribution is 5.86. The van der Waals surface area contributed by atoms with Crippen LogP contribution in [0.25, 0.3) is 10.9 Å². The maximum atomic E-state index is 12.5. The Balaban J connectivity index is 1.73. The lowest BCUT2D eigenvalue weighted by Crippen LogP contribution is -2.47. The molecule has 1 aliphatic rings. The molecule has 2 aromatic rings. The number of nitrogens with two attached hydrogens (primary N) is 1. The maximum Gasteiger partial charge on any atom is 0.240 e. The summed E-state index contributed by atoms with van der Waals surface area (Å²) in [7, 11) is 0. The van der Waals surface area contributed by atoms with Crippen molar-refractivity contribution in [3.63, 3.8) is 0 Å². The second kappa shape index (κ2) is 5.87. The van der Waals surface area contributed by atoms with Gasteiger partial charge >= 0.3 is 0 Å². The number of rotatable bonds is 6. The number of hydrogen-bond donors (Lipinski definition) is 3. The standard InChI is InChI=1S/C16H21N3O2/c17-14(16(21)19(7-8-20)12-5-6-12)9-11-10-18-15-4-2-1-3-13(11)15/h1-4,10,12,14,18,20H,5-9,17H2. The van der Waals surface area contributed by atoms with Gasteiger partial charge < -0.3 is 20.7 Å². The topological polar surface area (TPSA) is 82.4 Å². The van der Waals surface area contributed by atoms with Gasteiger partial charge in [-0.3, -0.25) is 4.79 Å². The van der Waals surface area contributed by atoms with E-state index in [1.54, 1.807) is 4.90 Å². The van der Waals surface area contributed by atoms with Crippen molar-refractivity contribution in [2.24, 2.45) is 5.73 Å². The first-order valence-corrected chi connectivity index (χ1v) is 7.42. The van der Waals surface area contributed by atoms with Crippen molar-refractivity contribution in [3.05, 3.63) is 36.0 Å². The van der Waals surface area contributed by atoms with Crippen LogP contribution in [0, 0.1) is 0 Å². The smallest absolute Gasteiger partial charge is 0.240 e. The predicted octanol–water partition coefficient (Wildman–Crippen LogP) is 1.02. The minimum Gasteiger partial charge on any atom is -0.395 e. The minimum atomic E-state index is -0.559. The van der Waals surface area contributed by atoms with E-state index < -0.39 is 6.04 Å². The normalized spacial score (nSPS) is 16.1. The van der Waals surface area contributed by atoms with E-state index in [1.807, 2.05) is 30.5 Å². The average molecular weight is 287 g/mol. The Hall–Kier alpha value is -1.85. The Morgan fingerprint density at radius 3 is 2.90 bits per heavy atom. The fraction of sp³-hybridized carbons (Fsp3) is 0.438. The van der Waals surface area contributed by atoms with Gasteiger partial charge in [-0.2, -0.15) is 0 Å². The van der Waals surface area contributed by atoms with Gasteiger partial charge in [0.25, 0.3) is 0 Å². The SMILES string of the molecule is NC(Cc1c[nH]c2ccccc12)C(=O)N(CCO)C1CC1. The van der Waals surface area contributed by atoms with Gasteiger partial charge in [-0.05, 0) is 30.9 Å². The average Bonchev–Trinajstić information content (AvgIpc) is 3.26. The lowest BCUT2D eigenvalue weighted by Gasteiger charge is -2.24. The molecule has 1 saturated carbocycles. The number of carbonyl (C=O) groups excluding carboxylic acids is 1. The van der Waals surface area contributed by atoms with Crippen molar-refractivity contribution in [2.45, 2.75) is 31.3 Å². The van der Waals surface area contributed by atoms with E-state index in [4.69, 9.17) is 10.8 Å². The fourth-order valence-electron chi connectivity index (χ4n) is 2.80. The summed E-state index contributed by atoms with van der Waals surface area (Å²) in [6.45, 7) is 0.368. The van der Waals surface area contributed by atoms with Crippen molar-refractivity contribution < 1.29 is 9.90 Å². The van der Waals surface area contributed by atoms with Crippen molar-refractivity contribution in [2.75, 3.05) is 13.2 Å². The van der Waals surface area contributed by atoms with Gasteiger partial charge in [0.2, 0.25) is 5.91 Å². The van der Waals surface area contributed by atoms with E-state index in [0.29, 0.717) is 13.0 Å². The molecule has 0 aliphatic heterocycles. The lowest BCUT2D eigenvalue weighted by molar-refractivity contribution is -0.133. The zero-order valence-electron chi connectivity index (χ0n) is 12.0. The molecule has 0 saturated heterocycles. The van der Waals surface area contributed by atoms with Gasteiger partial charge in [-0.25, -0.2) is 0 Å². The highest BCUT2D eigenvalue weighted by atomic mass is 16.3. The molecule has 0 radical (unpaired) electrons. The summed E-state index contributed by atoms with van der Waals surface area (Å²) in [6.07, 6.45) is 4.47. The highest BCUT2D eigenvalue weighted by Gasteiger charge is 2.34. The summed E-state index contributed by atoms with van der Waals surface area (Å²) in [4.78, 5) is 17.4. The predicted molar refractivity (Wildman–Crippen MR) is 81.8 cm³/mol. The van der Waals surface area contributed by atoms with Crippen LogP contribution in [0.15, 0.2) is 30.5 Å². The number of aliphatic hydroxyl groups excluding tert-OH is 1. The first-order chi connectivity index (χ1) is 10.2. The number of aromatic amines is 1. The number of aliphatic hydroxyl groups is 1. The molecule has 5 nitrogen and oxygen atoms in total. The lowest BCUT2D eigenvalue weighted by atomic mass is 10.0. The van der Waals surface area contributed by atoms with E-state index in [9.17, 15) is 4.79 Å². The number of benzene rings is 1. The van der Waals surface area contributed by atoms with Gasteiger partial charge in [-0.1, -0.05) is 18.2 Å². The van der Waals surface area contributed by atoms with Crippen LogP contribution in [0.5, 0.6) is 0 Å². The van der Waals surface area contributed by atoms with Crippen molar-refractivity contribution in [1.82, 2.24) is 9.88 Å². The van der Waals surface area contributed by atoms with Crippen molar-refractivity contribution in [3.8, 4) is 0 Å². The molecule has 1 unspecified atom stereocenters. The number of fused-ring (bicyclic) bond motifs is 1. The molecular weight excluding hydrogens is 266 g/mol. The Morgan fingerprint density at radius 2 is 2.19 bits per heavy atom. The van der Waals surface area contributed by atoms with E-state index in [1.165, 1.54) is 0 Å². The molecule has 1 aromatic carbocycles. The first kappa shape index (κ1) is 14.1. The molecule has 1 heterocycles. The highest BCUT2D eigenvalue weighted by Crippen LogP contribution is 2.27. The van der Waals surface area contributed by atoms with Gasteiger partial charge in [0.05, 0.1) is 12.6 Å². The molecule has 1 fully saturated rings. The molecule has 0 spiro atoms. The van der Waals surface area contributed by atoms with E-state index in [0.717, 1.165) is 29.3 Å². The fourth-order valence-corrected chi connectivity index (χ4v) is 2.80. The van der Waals surface area contributed by atoms with Crippen LogP contribution in [0.2, 0.25) is 0 Å². The van der Waals surface area contributed by atoms with Crippen LogP contribution < -0.4 is 5.73 Å². The Kier molecular flexibility index (Phi) is 3.94. The van der Waals surface area contributed by atoms with Crippen LogP contribution in [-0.2, 0) is 11.2 Å². The molecule has 4 N–H and O–H groups in total. The number of hydrogen-bond acceptors (Lipinski definition) is 3. The van der Waals surface area contributed by atoms with E-state index >= 15 is 0 Å². The third kappa shape index (κ3) is 2.94. The molecule has 5 heteroatoms. The second-order valence-electron chi connectivity index (χ2n) is 5.66. The molecule has 1 amide bonds. The zero-order chi connectivity index (χ0) is 14.8. The molecule has 1 aromatic heterocycles. The molecular formula is C16H21N3O2. The van der Waals surface area contributed by atoms with Gasteiger partial charge in [0.15, 0.2) is 0 Å². The second-order valence-corrected chi connectivity index (χ2v) is 5.66. The van der Waals surface area contributed by atoms with Crippen LogP contribution in [0.1, 0.15) is 18.4 Å². The number of H-pyrrole nitrogens is 1. The minimum absolute atomic E-state index is 0.0119. The summed E-state index contributed by atoms with van der Waals surface area (Å²) in [5.41, 5.74) is 8.23. The Bertz CT molecular complexity index is 633. The first-order valence-electron chi connectivity index (χ1n) is 7.42. The molecule has 1 atom stereocenters.